The van der Waals surface area contributed by atoms with E-state index in [1.165, 1.54) is 0 Å². The molecule has 2 aromatic rings. The first-order chi connectivity index (χ1) is 13.0. The third kappa shape index (κ3) is 4.47. The summed E-state index contributed by atoms with van der Waals surface area (Å²) < 4.78 is 10.7. The van der Waals surface area contributed by atoms with E-state index in [4.69, 9.17) is 9.26 Å². The monoisotopic (exact) mass is 372 g/mol. The van der Waals surface area contributed by atoms with Crippen molar-refractivity contribution in [3.63, 3.8) is 0 Å². The topological polar surface area (TPSA) is 80.5 Å². The first-order valence-electron chi connectivity index (χ1n) is 9.47. The third-order valence-electron chi connectivity index (χ3n) is 5.24. The van der Waals surface area contributed by atoms with Gasteiger partial charge in [0.2, 0.25) is 11.8 Å². The normalized spacial score (nSPS) is 20.1. The van der Waals surface area contributed by atoms with Crippen LogP contribution in [-0.4, -0.2) is 47.2 Å². The van der Waals surface area contributed by atoms with E-state index in [-0.39, 0.29) is 23.9 Å². The Morgan fingerprint density at radius 3 is 2.85 bits per heavy atom. The van der Waals surface area contributed by atoms with Crippen LogP contribution in [0.15, 0.2) is 28.8 Å². The van der Waals surface area contributed by atoms with Crippen LogP contribution < -0.4 is 10.1 Å². The predicted molar refractivity (Wildman–Crippen MR) is 102 cm³/mol. The van der Waals surface area contributed by atoms with Crippen LogP contribution in [0, 0.1) is 6.92 Å². The fourth-order valence-corrected chi connectivity index (χ4v) is 3.64. The first-order valence-corrected chi connectivity index (χ1v) is 9.47. The highest BCUT2D eigenvalue weighted by atomic mass is 16.5. The lowest BCUT2D eigenvalue weighted by atomic mass is 9.96. The summed E-state index contributed by atoms with van der Waals surface area (Å²) >= 11 is 0. The first kappa shape index (κ1) is 19.4. The van der Waals surface area contributed by atoms with Crippen LogP contribution in [0.3, 0.4) is 0 Å². The summed E-state index contributed by atoms with van der Waals surface area (Å²) in [6, 6.07) is 7.40. The molecule has 1 aliphatic rings. The van der Waals surface area contributed by atoms with E-state index in [1.807, 2.05) is 45.0 Å². The van der Waals surface area contributed by atoms with Crippen molar-refractivity contribution in [1.29, 1.82) is 0 Å². The maximum absolute atomic E-state index is 12.8. The SMILES string of the molecule is COc1ccccc1C(C)NC(=O)C(C)N1CCCC(c2nc(C)no2)C1. The largest absolute Gasteiger partial charge is 0.496 e. The van der Waals surface area contributed by atoms with Crippen LogP contribution in [0.5, 0.6) is 5.75 Å². The van der Waals surface area contributed by atoms with Crippen molar-refractivity contribution in [3.05, 3.63) is 41.5 Å². The zero-order valence-electron chi connectivity index (χ0n) is 16.4. The van der Waals surface area contributed by atoms with Crippen LogP contribution in [-0.2, 0) is 4.79 Å². The Bertz CT molecular complexity index is 776. The Balaban J connectivity index is 1.62. The molecular weight excluding hydrogens is 344 g/mol. The molecule has 1 saturated heterocycles. The molecule has 3 unspecified atom stereocenters. The number of benzene rings is 1. The number of carbonyl (C=O) groups is 1. The lowest BCUT2D eigenvalue weighted by Gasteiger charge is -2.35. The predicted octanol–water partition coefficient (Wildman–Crippen LogP) is 2.83. The Morgan fingerprint density at radius 2 is 2.15 bits per heavy atom. The number of nitrogens with one attached hydrogen (secondary N) is 1. The van der Waals surface area contributed by atoms with Crippen LogP contribution >= 0.6 is 0 Å². The van der Waals surface area contributed by atoms with Gasteiger partial charge in [-0.05, 0) is 46.2 Å². The summed E-state index contributed by atoms with van der Waals surface area (Å²) in [5, 5.41) is 7.00. The molecule has 1 N–H and O–H groups in total. The highest BCUT2D eigenvalue weighted by Crippen LogP contribution is 2.28. The third-order valence-corrected chi connectivity index (χ3v) is 5.24. The molecule has 0 saturated carbocycles. The molecule has 1 aromatic heterocycles. The molecule has 7 heteroatoms. The number of aryl methyl sites for hydroxylation is 1. The second-order valence-electron chi connectivity index (χ2n) is 7.16. The van der Waals surface area contributed by atoms with E-state index in [2.05, 4.69) is 20.4 Å². The van der Waals surface area contributed by atoms with E-state index >= 15 is 0 Å². The molecule has 2 heterocycles. The van der Waals surface area contributed by atoms with Crippen molar-refractivity contribution in [2.75, 3.05) is 20.2 Å². The van der Waals surface area contributed by atoms with Gasteiger partial charge in [0.25, 0.3) is 0 Å². The maximum atomic E-state index is 12.8. The fraction of sp³-hybridized carbons (Fsp3) is 0.550. The molecule has 0 aliphatic carbocycles. The number of para-hydroxylation sites is 1. The van der Waals surface area contributed by atoms with Gasteiger partial charge in [0.05, 0.1) is 25.1 Å². The lowest BCUT2D eigenvalue weighted by Crippen LogP contribution is -2.49. The Hall–Kier alpha value is -2.41. The van der Waals surface area contributed by atoms with E-state index in [0.29, 0.717) is 11.7 Å². The van der Waals surface area contributed by atoms with E-state index < -0.39 is 0 Å². The number of likely N-dealkylation sites (tertiary alicyclic amines) is 1. The number of nitrogens with zero attached hydrogens (tertiary/aromatic N) is 3. The van der Waals surface area contributed by atoms with Crippen molar-refractivity contribution in [2.24, 2.45) is 0 Å². The van der Waals surface area contributed by atoms with Crippen molar-refractivity contribution in [3.8, 4) is 5.75 Å². The number of hydrogen-bond donors (Lipinski definition) is 1. The van der Waals surface area contributed by atoms with Crippen molar-refractivity contribution < 1.29 is 14.1 Å². The summed E-state index contributed by atoms with van der Waals surface area (Å²) in [4.78, 5) is 19.4. The molecule has 0 bridgehead atoms. The molecule has 1 amide bonds. The molecule has 1 aliphatic heterocycles. The van der Waals surface area contributed by atoms with Gasteiger partial charge in [0.15, 0.2) is 5.82 Å². The minimum Gasteiger partial charge on any atom is -0.496 e. The Labute approximate surface area is 160 Å². The van der Waals surface area contributed by atoms with Crippen molar-refractivity contribution >= 4 is 5.91 Å². The number of carbonyl (C=O) groups excluding carboxylic acids is 1. The number of amides is 1. The molecule has 27 heavy (non-hydrogen) atoms. The zero-order valence-corrected chi connectivity index (χ0v) is 16.4. The molecule has 0 radical (unpaired) electrons. The van der Waals surface area contributed by atoms with Gasteiger partial charge in [-0.3, -0.25) is 9.69 Å². The molecule has 7 nitrogen and oxygen atoms in total. The van der Waals surface area contributed by atoms with Gasteiger partial charge >= 0.3 is 0 Å². The second-order valence-corrected chi connectivity index (χ2v) is 7.16. The zero-order chi connectivity index (χ0) is 19.4. The summed E-state index contributed by atoms with van der Waals surface area (Å²) in [6.45, 7) is 7.39. The van der Waals surface area contributed by atoms with Crippen molar-refractivity contribution in [2.45, 2.75) is 51.6 Å². The average molecular weight is 372 g/mol. The van der Waals surface area contributed by atoms with E-state index in [0.717, 1.165) is 37.2 Å². The molecule has 3 atom stereocenters. The highest BCUT2D eigenvalue weighted by molar-refractivity contribution is 5.81. The van der Waals surface area contributed by atoms with E-state index in [1.54, 1.807) is 7.11 Å². The van der Waals surface area contributed by atoms with Gasteiger partial charge in [-0.25, -0.2) is 0 Å². The molecular formula is C20H28N4O3. The van der Waals surface area contributed by atoms with Crippen molar-refractivity contribution in [1.82, 2.24) is 20.4 Å². The lowest BCUT2D eigenvalue weighted by molar-refractivity contribution is -0.127. The number of aromatic nitrogens is 2. The quantitative estimate of drug-likeness (QED) is 0.840. The standard InChI is InChI=1S/C20H28N4O3/c1-13(17-9-5-6-10-18(17)26-4)21-19(25)14(2)24-11-7-8-16(12-24)20-22-15(3)23-27-20/h5-6,9-10,13-14,16H,7-8,11-12H2,1-4H3,(H,21,25). The smallest absolute Gasteiger partial charge is 0.237 e. The highest BCUT2D eigenvalue weighted by Gasteiger charge is 2.31. The Morgan fingerprint density at radius 1 is 1.37 bits per heavy atom. The fourth-order valence-electron chi connectivity index (χ4n) is 3.64. The van der Waals surface area contributed by atoms with Gasteiger partial charge in [0.1, 0.15) is 5.75 Å². The summed E-state index contributed by atoms with van der Waals surface area (Å²) in [7, 11) is 1.64. The molecule has 1 aromatic carbocycles. The number of methoxy groups -OCH3 is 1. The average Bonchev–Trinajstić information content (AvgIpc) is 3.13. The van der Waals surface area contributed by atoms with Gasteiger partial charge in [0, 0.05) is 12.1 Å². The number of piperidine rings is 1. The van der Waals surface area contributed by atoms with Gasteiger partial charge in [-0.1, -0.05) is 23.4 Å². The minimum atomic E-state index is -0.228. The van der Waals surface area contributed by atoms with E-state index in [9.17, 15) is 4.79 Å². The molecule has 0 spiro atoms. The van der Waals surface area contributed by atoms with Crippen LogP contribution in [0.2, 0.25) is 0 Å². The van der Waals surface area contributed by atoms with Gasteiger partial charge in [-0.2, -0.15) is 4.98 Å². The molecule has 3 rings (SSSR count). The number of hydrogen-bond acceptors (Lipinski definition) is 6. The molecule has 146 valence electrons. The minimum absolute atomic E-state index is 0.00997. The summed E-state index contributed by atoms with van der Waals surface area (Å²) in [5.41, 5.74) is 0.971. The van der Waals surface area contributed by atoms with Gasteiger partial charge in [-0.15, -0.1) is 0 Å². The number of rotatable bonds is 6. The summed E-state index contributed by atoms with van der Waals surface area (Å²) in [5.74, 6) is 2.30. The second kappa shape index (κ2) is 8.52. The number of ether oxygens (including phenoxy) is 1. The Kier molecular flexibility index (Phi) is 6.11. The van der Waals surface area contributed by atoms with Gasteiger partial charge < -0.3 is 14.6 Å². The van der Waals surface area contributed by atoms with Crippen LogP contribution in [0.25, 0.3) is 0 Å². The maximum Gasteiger partial charge on any atom is 0.237 e. The summed E-state index contributed by atoms with van der Waals surface area (Å²) in [6.07, 6.45) is 2.01. The van der Waals surface area contributed by atoms with Crippen LogP contribution in [0.4, 0.5) is 0 Å². The molecule has 1 fully saturated rings. The van der Waals surface area contributed by atoms with Crippen LogP contribution in [0.1, 0.15) is 55.9 Å².